The summed E-state index contributed by atoms with van der Waals surface area (Å²) in [6, 6.07) is 3.11. The van der Waals surface area contributed by atoms with Crippen LogP contribution in [0.2, 0.25) is 0 Å². The Hall–Kier alpha value is -1.62. The van der Waals surface area contributed by atoms with Crippen molar-refractivity contribution < 1.29 is 0 Å². The normalized spacial score (nSPS) is 10.3. The summed E-state index contributed by atoms with van der Waals surface area (Å²) in [6.45, 7) is 0.511. The molecule has 2 heterocycles. The first kappa shape index (κ1) is 8.96. The Kier molecular flexibility index (Phi) is 2.32. The van der Waals surface area contributed by atoms with Gasteiger partial charge in [0, 0.05) is 29.5 Å². The van der Waals surface area contributed by atoms with E-state index in [9.17, 15) is 4.79 Å². The average Bonchev–Trinajstić information content (AvgIpc) is 2.62. The van der Waals surface area contributed by atoms with Gasteiger partial charge in [0.2, 0.25) is 0 Å². The highest BCUT2D eigenvalue weighted by Gasteiger charge is 1.99. The Morgan fingerprint density at radius 1 is 1.57 bits per heavy atom. The van der Waals surface area contributed by atoms with Crippen molar-refractivity contribution in [2.75, 3.05) is 5.73 Å². The molecule has 4 nitrogen and oxygen atoms in total. The largest absolute Gasteiger partial charge is 0.399 e. The first-order valence-electron chi connectivity index (χ1n) is 4.10. The fraction of sp³-hybridized carbons (Fsp3) is 0.111. The highest BCUT2D eigenvalue weighted by Crippen LogP contribution is 2.05. The van der Waals surface area contributed by atoms with Crippen LogP contribution in [0.4, 0.5) is 5.69 Å². The van der Waals surface area contributed by atoms with Gasteiger partial charge in [0.25, 0.3) is 5.56 Å². The summed E-state index contributed by atoms with van der Waals surface area (Å²) < 4.78 is 1.58. The zero-order valence-corrected chi connectivity index (χ0v) is 8.20. The number of nitrogen functional groups attached to an aromatic ring is 1. The zero-order chi connectivity index (χ0) is 9.97. The zero-order valence-electron chi connectivity index (χ0n) is 7.38. The Morgan fingerprint density at radius 3 is 3.07 bits per heavy atom. The highest BCUT2D eigenvalue weighted by atomic mass is 32.1. The van der Waals surface area contributed by atoms with Crippen LogP contribution in [0.5, 0.6) is 0 Å². The van der Waals surface area contributed by atoms with Gasteiger partial charge in [0.15, 0.2) is 0 Å². The third kappa shape index (κ3) is 1.82. The number of rotatable bonds is 2. The minimum absolute atomic E-state index is 0.0970. The average molecular weight is 207 g/mol. The quantitative estimate of drug-likeness (QED) is 0.797. The third-order valence-electron chi connectivity index (χ3n) is 1.81. The van der Waals surface area contributed by atoms with Crippen LogP contribution >= 0.6 is 11.3 Å². The molecule has 0 saturated carbocycles. The molecule has 2 aromatic heterocycles. The van der Waals surface area contributed by atoms with E-state index < -0.39 is 0 Å². The maximum absolute atomic E-state index is 11.4. The Bertz CT molecular complexity index is 475. The molecule has 0 bridgehead atoms. The lowest BCUT2D eigenvalue weighted by Crippen LogP contribution is -2.19. The van der Waals surface area contributed by atoms with Gasteiger partial charge in [0.05, 0.1) is 6.54 Å². The molecule has 0 radical (unpaired) electrons. The second-order valence-corrected chi connectivity index (χ2v) is 3.83. The Morgan fingerprint density at radius 2 is 2.43 bits per heavy atom. The standard InChI is InChI=1S/C9H9N3OS/c10-7-1-3-12(9(13)5-7)6-8-11-2-4-14-8/h1-5H,6,10H2. The van der Waals surface area contributed by atoms with Crippen molar-refractivity contribution >= 4 is 17.0 Å². The van der Waals surface area contributed by atoms with Crippen LogP contribution in [0.1, 0.15) is 5.01 Å². The van der Waals surface area contributed by atoms with Crippen LogP contribution < -0.4 is 11.3 Å². The van der Waals surface area contributed by atoms with Gasteiger partial charge in [-0.2, -0.15) is 0 Å². The molecule has 0 aliphatic carbocycles. The predicted molar refractivity (Wildman–Crippen MR) is 56.3 cm³/mol. The lowest BCUT2D eigenvalue weighted by Gasteiger charge is -2.02. The smallest absolute Gasteiger partial charge is 0.252 e. The molecule has 0 spiro atoms. The SMILES string of the molecule is Nc1ccn(Cc2nccs2)c(=O)c1. The van der Waals surface area contributed by atoms with Gasteiger partial charge in [-0.05, 0) is 6.07 Å². The summed E-state index contributed by atoms with van der Waals surface area (Å²) in [4.78, 5) is 15.5. The molecule has 0 amide bonds. The fourth-order valence-electron chi connectivity index (χ4n) is 1.13. The maximum atomic E-state index is 11.4. The Labute approximate surface area is 84.6 Å². The third-order valence-corrected chi connectivity index (χ3v) is 2.57. The summed E-state index contributed by atoms with van der Waals surface area (Å²) in [5.41, 5.74) is 5.87. The number of nitrogens with zero attached hydrogens (tertiary/aromatic N) is 2. The van der Waals surface area contributed by atoms with Crippen molar-refractivity contribution in [1.29, 1.82) is 0 Å². The van der Waals surface area contributed by atoms with Gasteiger partial charge < -0.3 is 10.3 Å². The number of aromatic nitrogens is 2. The first-order valence-corrected chi connectivity index (χ1v) is 4.98. The Balaban J connectivity index is 2.30. The van der Waals surface area contributed by atoms with E-state index >= 15 is 0 Å². The molecule has 2 rings (SSSR count). The molecule has 0 atom stereocenters. The van der Waals surface area contributed by atoms with E-state index in [1.54, 1.807) is 23.0 Å². The lowest BCUT2D eigenvalue weighted by molar-refractivity contribution is 0.755. The number of anilines is 1. The van der Waals surface area contributed by atoms with Gasteiger partial charge in [-0.25, -0.2) is 4.98 Å². The molecule has 2 aromatic rings. The van der Waals surface area contributed by atoms with Crippen LogP contribution in [-0.4, -0.2) is 9.55 Å². The summed E-state index contributed by atoms with van der Waals surface area (Å²) in [6.07, 6.45) is 3.40. The number of thiazole rings is 1. The van der Waals surface area contributed by atoms with E-state index in [2.05, 4.69) is 4.98 Å². The molecular weight excluding hydrogens is 198 g/mol. The number of nitrogens with two attached hydrogens (primary N) is 1. The van der Waals surface area contributed by atoms with E-state index in [-0.39, 0.29) is 5.56 Å². The molecule has 72 valence electrons. The summed E-state index contributed by atoms with van der Waals surface area (Å²) >= 11 is 1.53. The number of pyridine rings is 1. The summed E-state index contributed by atoms with van der Waals surface area (Å²) in [7, 11) is 0. The first-order chi connectivity index (χ1) is 6.75. The van der Waals surface area contributed by atoms with Crippen LogP contribution in [0, 0.1) is 0 Å². The highest BCUT2D eigenvalue weighted by molar-refractivity contribution is 7.09. The number of hydrogen-bond acceptors (Lipinski definition) is 4. The monoisotopic (exact) mass is 207 g/mol. The second-order valence-electron chi connectivity index (χ2n) is 2.85. The van der Waals surface area contributed by atoms with Gasteiger partial charge in [-0.3, -0.25) is 4.79 Å². The molecular formula is C9H9N3OS. The molecule has 0 aliphatic heterocycles. The molecule has 5 heteroatoms. The van der Waals surface area contributed by atoms with Crippen molar-refractivity contribution in [3.8, 4) is 0 Å². The maximum Gasteiger partial charge on any atom is 0.252 e. The predicted octanol–water partition coefficient (Wildman–Crippen LogP) is 0.935. The summed E-state index contributed by atoms with van der Waals surface area (Å²) in [5.74, 6) is 0. The van der Waals surface area contributed by atoms with E-state index in [1.165, 1.54) is 17.4 Å². The van der Waals surface area contributed by atoms with Crippen LogP contribution in [0.25, 0.3) is 0 Å². The van der Waals surface area contributed by atoms with Gasteiger partial charge in [-0.1, -0.05) is 0 Å². The topological polar surface area (TPSA) is 60.9 Å². The van der Waals surface area contributed by atoms with Crippen molar-refractivity contribution in [3.05, 3.63) is 45.3 Å². The van der Waals surface area contributed by atoms with Crippen LogP contribution in [0.3, 0.4) is 0 Å². The second kappa shape index (κ2) is 3.63. The molecule has 0 fully saturated rings. The molecule has 14 heavy (non-hydrogen) atoms. The van der Waals surface area contributed by atoms with E-state index in [0.717, 1.165) is 5.01 Å². The molecule has 0 aromatic carbocycles. The van der Waals surface area contributed by atoms with Crippen molar-refractivity contribution in [3.63, 3.8) is 0 Å². The molecule has 0 saturated heterocycles. The van der Waals surface area contributed by atoms with E-state index in [1.807, 2.05) is 5.38 Å². The lowest BCUT2D eigenvalue weighted by atomic mass is 10.4. The van der Waals surface area contributed by atoms with Crippen molar-refractivity contribution in [2.45, 2.75) is 6.54 Å². The van der Waals surface area contributed by atoms with Gasteiger partial charge in [-0.15, -0.1) is 11.3 Å². The van der Waals surface area contributed by atoms with E-state index in [4.69, 9.17) is 5.73 Å². The minimum atomic E-state index is -0.0970. The molecule has 0 unspecified atom stereocenters. The summed E-state index contributed by atoms with van der Waals surface area (Å²) in [5, 5.41) is 2.80. The van der Waals surface area contributed by atoms with Crippen LogP contribution in [-0.2, 0) is 6.54 Å². The van der Waals surface area contributed by atoms with Crippen molar-refractivity contribution in [2.24, 2.45) is 0 Å². The fourth-order valence-corrected chi connectivity index (χ4v) is 1.74. The van der Waals surface area contributed by atoms with E-state index in [0.29, 0.717) is 12.2 Å². The minimum Gasteiger partial charge on any atom is -0.399 e. The van der Waals surface area contributed by atoms with Crippen LogP contribution in [0.15, 0.2) is 34.7 Å². The van der Waals surface area contributed by atoms with Gasteiger partial charge in [0.1, 0.15) is 5.01 Å². The van der Waals surface area contributed by atoms with Gasteiger partial charge >= 0.3 is 0 Å². The molecule has 2 N–H and O–H groups in total. The van der Waals surface area contributed by atoms with Crippen molar-refractivity contribution in [1.82, 2.24) is 9.55 Å². The molecule has 0 aliphatic rings. The number of hydrogen-bond donors (Lipinski definition) is 1.